The Bertz CT molecular complexity index is 609. The van der Waals surface area contributed by atoms with Gasteiger partial charge in [-0.3, -0.25) is 0 Å². The Morgan fingerprint density at radius 2 is 1.47 bits per heavy atom. The van der Waals surface area contributed by atoms with Crippen LogP contribution in [0.3, 0.4) is 0 Å². The van der Waals surface area contributed by atoms with Gasteiger partial charge in [-0.25, -0.2) is 0 Å². The number of benzene rings is 2. The summed E-state index contributed by atoms with van der Waals surface area (Å²) in [5.74, 6) is -0.0267. The number of hydrogen-bond donors (Lipinski definition) is 0. The maximum absolute atomic E-state index is 12.5. The monoisotopic (exact) mass is 252 g/mol. The van der Waals surface area contributed by atoms with Crippen LogP contribution in [0.2, 0.25) is 0 Å². The van der Waals surface area contributed by atoms with Crippen molar-refractivity contribution in [2.24, 2.45) is 0 Å². The third-order valence-corrected chi connectivity index (χ3v) is 2.54. The summed E-state index contributed by atoms with van der Waals surface area (Å²) in [6.07, 6.45) is 0. The Morgan fingerprint density at radius 1 is 0.882 bits per heavy atom. The predicted octanol–water partition coefficient (Wildman–Crippen LogP) is 2.95. The van der Waals surface area contributed by atoms with Gasteiger partial charge in [0.15, 0.2) is 5.75 Å². The summed E-state index contributed by atoms with van der Waals surface area (Å²) in [6.45, 7) is 0. The van der Waals surface area contributed by atoms with Crippen LogP contribution in [-0.4, -0.2) is 8.42 Å². The van der Waals surface area contributed by atoms with Crippen LogP contribution in [0.15, 0.2) is 54.6 Å². The van der Waals surface area contributed by atoms with E-state index in [0.717, 1.165) is 5.56 Å². The second-order valence-corrected chi connectivity index (χ2v) is 4.29. The van der Waals surface area contributed by atoms with Crippen molar-refractivity contribution in [3.63, 3.8) is 0 Å². The highest BCUT2D eigenvalue weighted by molar-refractivity contribution is 7.81. The van der Waals surface area contributed by atoms with E-state index in [-0.39, 0.29) is 5.75 Å². The molecule has 0 amide bonds. The number of halogens is 1. The summed E-state index contributed by atoms with van der Waals surface area (Å²) in [5.41, 5.74) is 1.28. The molecule has 0 aliphatic heterocycles. The summed E-state index contributed by atoms with van der Waals surface area (Å²) < 4.78 is 37.8. The first-order valence-electron chi connectivity index (χ1n) is 4.85. The highest BCUT2D eigenvalue weighted by Gasteiger charge is 2.13. The van der Waals surface area contributed by atoms with Gasteiger partial charge in [-0.15, -0.1) is 0 Å². The van der Waals surface area contributed by atoms with E-state index in [1.165, 1.54) is 6.07 Å². The molecule has 2 rings (SSSR count). The van der Waals surface area contributed by atoms with E-state index >= 15 is 0 Å². The van der Waals surface area contributed by atoms with Crippen LogP contribution in [0.5, 0.6) is 5.75 Å². The van der Waals surface area contributed by atoms with Crippen LogP contribution in [0.1, 0.15) is 0 Å². The third kappa shape index (κ3) is 3.04. The minimum atomic E-state index is -5.01. The Balaban J connectivity index is 2.49. The number of rotatable bonds is 3. The van der Waals surface area contributed by atoms with Crippen molar-refractivity contribution in [3.05, 3.63) is 54.6 Å². The van der Waals surface area contributed by atoms with Crippen molar-refractivity contribution >= 4 is 10.5 Å². The van der Waals surface area contributed by atoms with Gasteiger partial charge in [-0.05, 0) is 11.6 Å². The van der Waals surface area contributed by atoms with Crippen LogP contribution >= 0.6 is 0 Å². The molecule has 0 heterocycles. The minimum Gasteiger partial charge on any atom is -0.358 e. The molecule has 3 nitrogen and oxygen atoms in total. The molecule has 0 aromatic heterocycles. The van der Waals surface area contributed by atoms with Crippen LogP contribution < -0.4 is 4.18 Å². The van der Waals surface area contributed by atoms with Gasteiger partial charge in [0.1, 0.15) is 0 Å². The molecule has 0 bridgehead atoms. The highest BCUT2D eigenvalue weighted by Crippen LogP contribution is 2.30. The second kappa shape index (κ2) is 4.55. The average molecular weight is 252 g/mol. The maximum atomic E-state index is 12.5. The van der Waals surface area contributed by atoms with Gasteiger partial charge in [0.05, 0.1) is 0 Å². The van der Waals surface area contributed by atoms with E-state index in [1.54, 1.807) is 42.5 Å². The molecule has 0 saturated carbocycles. The molecule has 5 heteroatoms. The van der Waals surface area contributed by atoms with E-state index < -0.39 is 10.5 Å². The SMILES string of the molecule is O=S(=O)(F)Oc1ccccc1-c1ccccc1. The van der Waals surface area contributed by atoms with Gasteiger partial charge < -0.3 is 4.18 Å². The van der Waals surface area contributed by atoms with Gasteiger partial charge in [0.25, 0.3) is 0 Å². The number of hydrogen-bond acceptors (Lipinski definition) is 3. The number of para-hydroxylation sites is 1. The fourth-order valence-electron chi connectivity index (χ4n) is 1.50. The Morgan fingerprint density at radius 3 is 2.12 bits per heavy atom. The summed E-state index contributed by atoms with van der Waals surface area (Å²) >= 11 is 0. The van der Waals surface area contributed by atoms with E-state index in [0.29, 0.717) is 5.56 Å². The van der Waals surface area contributed by atoms with E-state index in [2.05, 4.69) is 4.18 Å². The quantitative estimate of drug-likeness (QED) is 0.789. The molecule has 0 radical (unpaired) electrons. The summed E-state index contributed by atoms with van der Waals surface area (Å²) in [4.78, 5) is 0. The molecule has 2 aromatic carbocycles. The Labute approximate surface area is 98.9 Å². The molecule has 0 saturated heterocycles. The zero-order valence-corrected chi connectivity index (χ0v) is 9.52. The molecular formula is C12H9FO3S. The standard InChI is InChI=1S/C12H9FO3S/c13-17(14,15)16-12-9-5-4-8-11(12)10-6-2-1-3-7-10/h1-9H. The third-order valence-electron chi connectivity index (χ3n) is 2.16. The van der Waals surface area contributed by atoms with Crippen molar-refractivity contribution in [2.45, 2.75) is 0 Å². The first-order valence-corrected chi connectivity index (χ1v) is 6.16. The van der Waals surface area contributed by atoms with Crippen molar-refractivity contribution in [1.82, 2.24) is 0 Å². The Kier molecular flexibility index (Phi) is 3.10. The zero-order valence-electron chi connectivity index (χ0n) is 8.71. The lowest BCUT2D eigenvalue weighted by Crippen LogP contribution is -2.02. The lowest BCUT2D eigenvalue weighted by atomic mass is 10.1. The molecule has 0 aliphatic rings. The van der Waals surface area contributed by atoms with Crippen LogP contribution in [0.4, 0.5) is 3.89 Å². The average Bonchev–Trinajstić information content (AvgIpc) is 2.29. The molecule has 0 unspecified atom stereocenters. The van der Waals surface area contributed by atoms with Crippen molar-refractivity contribution in [2.75, 3.05) is 0 Å². The van der Waals surface area contributed by atoms with Gasteiger partial charge in [-0.2, -0.15) is 8.42 Å². The molecule has 0 aliphatic carbocycles. The Hall–Kier alpha value is -1.88. The molecule has 0 fully saturated rings. The van der Waals surface area contributed by atoms with Crippen LogP contribution in [0.25, 0.3) is 11.1 Å². The van der Waals surface area contributed by atoms with Crippen molar-refractivity contribution in [3.8, 4) is 16.9 Å². The second-order valence-electron chi connectivity index (χ2n) is 3.34. The smallest absolute Gasteiger partial charge is 0.358 e. The summed E-state index contributed by atoms with van der Waals surface area (Å²) in [7, 11) is -5.01. The molecule has 88 valence electrons. The minimum absolute atomic E-state index is 0.0267. The summed E-state index contributed by atoms with van der Waals surface area (Å²) in [6, 6.07) is 15.4. The van der Waals surface area contributed by atoms with Crippen LogP contribution in [-0.2, 0) is 10.5 Å². The molecule has 0 N–H and O–H groups in total. The molecule has 0 atom stereocenters. The lowest BCUT2D eigenvalue weighted by Gasteiger charge is -2.07. The molecule has 0 spiro atoms. The molecular weight excluding hydrogens is 243 g/mol. The van der Waals surface area contributed by atoms with Gasteiger partial charge in [0, 0.05) is 5.56 Å². The largest absolute Gasteiger partial charge is 0.488 e. The van der Waals surface area contributed by atoms with Crippen LogP contribution in [0, 0.1) is 0 Å². The fraction of sp³-hybridized carbons (Fsp3) is 0. The van der Waals surface area contributed by atoms with Gasteiger partial charge in [0.2, 0.25) is 0 Å². The fourth-order valence-corrected chi connectivity index (χ4v) is 1.86. The van der Waals surface area contributed by atoms with E-state index in [1.807, 2.05) is 6.07 Å². The lowest BCUT2D eigenvalue weighted by molar-refractivity contribution is 0.441. The van der Waals surface area contributed by atoms with Crippen molar-refractivity contribution in [1.29, 1.82) is 0 Å². The van der Waals surface area contributed by atoms with E-state index in [9.17, 15) is 12.3 Å². The van der Waals surface area contributed by atoms with E-state index in [4.69, 9.17) is 0 Å². The van der Waals surface area contributed by atoms with Crippen molar-refractivity contribution < 1.29 is 16.5 Å². The molecule has 17 heavy (non-hydrogen) atoms. The van der Waals surface area contributed by atoms with Gasteiger partial charge >= 0.3 is 10.5 Å². The highest BCUT2D eigenvalue weighted by atomic mass is 32.3. The molecule has 2 aromatic rings. The van der Waals surface area contributed by atoms with Gasteiger partial charge in [-0.1, -0.05) is 52.4 Å². The predicted molar refractivity (Wildman–Crippen MR) is 62.5 cm³/mol. The first kappa shape index (κ1) is 11.6. The maximum Gasteiger partial charge on any atom is 0.488 e. The first-order chi connectivity index (χ1) is 8.06. The normalized spacial score (nSPS) is 11.1. The summed E-state index contributed by atoms with van der Waals surface area (Å²) in [5, 5.41) is 0. The zero-order chi connectivity index (χ0) is 12.3. The topological polar surface area (TPSA) is 43.4 Å².